The molecule has 1 aromatic heterocycles. The van der Waals surface area contributed by atoms with Crippen LogP contribution in [0, 0.1) is 18.3 Å². The molecule has 5 heteroatoms. The van der Waals surface area contributed by atoms with Gasteiger partial charge < -0.3 is 4.74 Å². The number of benzene rings is 2. The number of aromatic nitrogens is 2. The number of nitriles is 1. The van der Waals surface area contributed by atoms with Crippen LogP contribution in [0.25, 0.3) is 11.1 Å². The highest BCUT2D eigenvalue weighted by molar-refractivity contribution is 5.89. The number of aromatic amines is 1. The van der Waals surface area contributed by atoms with Gasteiger partial charge >= 0.3 is 5.97 Å². The Balaban J connectivity index is 1.81. The Bertz CT molecular complexity index is 948. The summed E-state index contributed by atoms with van der Waals surface area (Å²) in [4.78, 5) is 12.0. The molecule has 3 rings (SSSR count). The van der Waals surface area contributed by atoms with Gasteiger partial charge in [0.2, 0.25) is 0 Å². The Kier molecular flexibility index (Phi) is 5.14. The lowest BCUT2D eigenvalue weighted by Crippen LogP contribution is -2.08. The summed E-state index contributed by atoms with van der Waals surface area (Å²) in [5.74, 6) is -0.402. The number of hydrogen-bond acceptors (Lipinski definition) is 4. The van der Waals surface area contributed by atoms with E-state index in [2.05, 4.69) is 16.3 Å². The fraction of sp³-hybridized carbons (Fsp3) is 0.190. The number of hydrogen-bond donors (Lipinski definition) is 1. The molecule has 0 bridgehead atoms. The van der Waals surface area contributed by atoms with Crippen molar-refractivity contribution in [3.05, 3.63) is 76.6 Å². The Labute approximate surface area is 152 Å². The topological polar surface area (TPSA) is 78.8 Å². The molecular weight excluding hydrogens is 326 g/mol. The molecule has 5 nitrogen and oxygen atoms in total. The van der Waals surface area contributed by atoms with Gasteiger partial charge in [-0.1, -0.05) is 36.4 Å². The average Bonchev–Trinajstić information content (AvgIpc) is 3.03. The van der Waals surface area contributed by atoms with Crippen LogP contribution in [0.3, 0.4) is 0 Å². The largest absolute Gasteiger partial charge is 0.461 e. The predicted octanol–water partition coefficient (Wildman–Crippen LogP) is 4.02. The molecule has 2 aromatic carbocycles. The van der Waals surface area contributed by atoms with Crippen LogP contribution in [0.1, 0.15) is 39.8 Å². The molecule has 0 atom stereocenters. The van der Waals surface area contributed by atoms with Crippen molar-refractivity contribution in [1.29, 1.82) is 5.26 Å². The third kappa shape index (κ3) is 3.65. The standard InChI is InChI=1S/C21H19N3O2/c1-3-26-21(25)20-19(14(2)23-24-20)12-15-4-8-17(9-5-15)18-10-6-16(13-22)7-11-18/h4-11H,3,12H2,1-2H3,(H,23,24). The highest BCUT2D eigenvalue weighted by Crippen LogP contribution is 2.23. The zero-order valence-electron chi connectivity index (χ0n) is 14.7. The van der Waals surface area contributed by atoms with Crippen LogP contribution in [-0.4, -0.2) is 22.8 Å². The van der Waals surface area contributed by atoms with Gasteiger partial charge in [-0.2, -0.15) is 10.4 Å². The van der Waals surface area contributed by atoms with Crippen molar-refractivity contribution in [1.82, 2.24) is 10.2 Å². The molecule has 0 spiro atoms. The van der Waals surface area contributed by atoms with E-state index in [1.165, 1.54) is 0 Å². The third-order valence-corrected chi connectivity index (χ3v) is 4.22. The first-order valence-corrected chi connectivity index (χ1v) is 8.42. The van der Waals surface area contributed by atoms with Crippen LogP contribution < -0.4 is 0 Å². The highest BCUT2D eigenvalue weighted by Gasteiger charge is 2.18. The molecule has 130 valence electrons. The van der Waals surface area contributed by atoms with Crippen LogP contribution in [0.15, 0.2) is 48.5 Å². The molecule has 0 fully saturated rings. The summed E-state index contributed by atoms with van der Waals surface area (Å²) < 4.78 is 5.07. The summed E-state index contributed by atoms with van der Waals surface area (Å²) in [7, 11) is 0. The van der Waals surface area contributed by atoms with E-state index < -0.39 is 5.97 Å². The van der Waals surface area contributed by atoms with Crippen LogP contribution in [0.4, 0.5) is 0 Å². The van der Waals surface area contributed by atoms with E-state index in [0.29, 0.717) is 24.3 Å². The molecule has 26 heavy (non-hydrogen) atoms. The van der Waals surface area contributed by atoms with Gasteiger partial charge in [-0.3, -0.25) is 5.10 Å². The molecule has 0 aliphatic carbocycles. The number of carbonyl (C=O) groups is 1. The number of rotatable bonds is 5. The van der Waals surface area contributed by atoms with Gasteiger partial charge in [-0.05, 0) is 42.7 Å². The Morgan fingerprint density at radius 3 is 2.31 bits per heavy atom. The minimum atomic E-state index is -0.402. The van der Waals surface area contributed by atoms with Crippen LogP contribution >= 0.6 is 0 Å². The predicted molar refractivity (Wildman–Crippen MR) is 98.7 cm³/mol. The maximum atomic E-state index is 12.0. The molecular formula is C21H19N3O2. The van der Waals surface area contributed by atoms with Crippen LogP contribution in [-0.2, 0) is 11.2 Å². The van der Waals surface area contributed by atoms with E-state index >= 15 is 0 Å². The number of carbonyl (C=O) groups excluding carboxylic acids is 1. The van der Waals surface area contributed by atoms with Crippen molar-refractivity contribution < 1.29 is 9.53 Å². The third-order valence-electron chi connectivity index (χ3n) is 4.22. The number of nitrogens with one attached hydrogen (secondary N) is 1. The summed E-state index contributed by atoms with van der Waals surface area (Å²) in [6.07, 6.45) is 0.601. The van der Waals surface area contributed by atoms with Crippen molar-refractivity contribution in [3.63, 3.8) is 0 Å². The second-order valence-electron chi connectivity index (χ2n) is 5.96. The minimum Gasteiger partial charge on any atom is -0.461 e. The molecule has 3 aromatic rings. The summed E-state index contributed by atoms with van der Waals surface area (Å²) >= 11 is 0. The average molecular weight is 345 g/mol. The molecule has 0 saturated carbocycles. The quantitative estimate of drug-likeness (QED) is 0.708. The summed E-state index contributed by atoms with van der Waals surface area (Å²) in [6, 6.07) is 17.8. The van der Waals surface area contributed by atoms with Crippen molar-refractivity contribution in [2.24, 2.45) is 0 Å². The Morgan fingerprint density at radius 2 is 1.73 bits per heavy atom. The molecule has 0 unspecified atom stereocenters. The first-order chi connectivity index (χ1) is 12.6. The molecule has 0 saturated heterocycles. The molecule has 0 radical (unpaired) electrons. The van der Waals surface area contributed by atoms with Gasteiger partial charge in [-0.15, -0.1) is 0 Å². The first-order valence-electron chi connectivity index (χ1n) is 8.42. The SMILES string of the molecule is CCOC(=O)c1n[nH]c(C)c1Cc1ccc(-c2ccc(C#N)cc2)cc1. The van der Waals surface area contributed by atoms with Crippen molar-refractivity contribution in [2.75, 3.05) is 6.61 Å². The van der Waals surface area contributed by atoms with Gasteiger partial charge in [-0.25, -0.2) is 4.79 Å². The van der Waals surface area contributed by atoms with Crippen molar-refractivity contribution >= 4 is 5.97 Å². The number of ether oxygens (including phenoxy) is 1. The van der Waals surface area contributed by atoms with E-state index in [4.69, 9.17) is 10.00 Å². The van der Waals surface area contributed by atoms with Gasteiger partial charge in [0.15, 0.2) is 5.69 Å². The highest BCUT2D eigenvalue weighted by atomic mass is 16.5. The molecule has 0 aliphatic rings. The first kappa shape index (κ1) is 17.4. The zero-order valence-corrected chi connectivity index (χ0v) is 14.7. The second-order valence-corrected chi connectivity index (χ2v) is 5.96. The van der Waals surface area contributed by atoms with E-state index in [1.807, 2.05) is 55.5 Å². The summed E-state index contributed by atoms with van der Waals surface area (Å²) in [6.45, 7) is 4.00. The fourth-order valence-corrected chi connectivity index (χ4v) is 2.79. The lowest BCUT2D eigenvalue weighted by Gasteiger charge is -2.06. The minimum absolute atomic E-state index is 0.323. The Morgan fingerprint density at radius 1 is 1.12 bits per heavy atom. The lowest BCUT2D eigenvalue weighted by atomic mass is 9.99. The number of esters is 1. The van der Waals surface area contributed by atoms with E-state index in [0.717, 1.165) is 27.9 Å². The van der Waals surface area contributed by atoms with E-state index in [-0.39, 0.29) is 0 Å². The van der Waals surface area contributed by atoms with Gasteiger partial charge in [0.05, 0.1) is 18.2 Å². The lowest BCUT2D eigenvalue weighted by molar-refractivity contribution is 0.0518. The van der Waals surface area contributed by atoms with E-state index in [9.17, 15) is 4.79 Å². The molecule has 1 N–H and O–H groups in total. The maximum Gasteiger partial charge on any atom is 0.359 e. The van der Waals surface area contributed by atoms with Gasteiger partial charge in [0.25, 0.3) is 0 Å². The second kappa shape index (κ2) is 7.66. The van der Waals surface area contributed by atoms with Crippen LogP contribution in [0.2, 0.25) is 0 Å². The molecule has 0 amide bonds. The van der Waals surface area contributed by atoms with Crippen LogP contribution in [0.5, 0.6) is 0 Å². The molecule has 1 heterocycles. The Hall–Kier alpha value is -3.39. The smallest absolute Gasteiger partial charge is 0.359 e. The summed E-state index contributed by atoms with van der Waals surface area (Å²) in [5, 5.41) is 15.8. The number of nitrogens with zero attached hydrogens (tertiary/aromatic N) is 2. The zero-order chi connectivity index (χ0) is 18.5. The van der Waals surface area contributed by atoms with Gasteiger partial charge in [0, 0.05) is 17.7 Å². The fourth-order valence-electron chi connectivity index (χ4n) is 2.79. The summed E-state index contributed by atoms with van der Waals surface area (Å²) in [5.41, 5.74) is 5.93. The van der Waals surface area contributed by atoms with Crippen molar-refractivity contribution in [2.45, 2.75) is 20.3 Å². The van der Waals surface area contributed by atoms with Gasteiger partial charge in [0.1, 0.15) is 0 Å². The number of H-pyrrole nitrogens is 1. The maximum absolute atomic E-state index is 12.0. The normalized spacial score (nSPS) is 10.3. The molecule has 0 aliphatic heterocycles. The van der Waals surface area contributed by atoms with Crippen molar-refractivity contribution in [3.8, 4) is 17.2 Å². The number of aryl methyl sites for hydroxylation is 1. The van der Waals surface area contributed by atoms with E-state index in [1.54, 1.807) is 6.92 Å². The monoisotopic (exact) mass is 345 g/mol.